The molecule has 1 aliphatic rings. The molecule has 1 aromatic carbocycles. The molecule has 0 fully saturated rings. The predicted octanol–water partition coefficient (Wildman–Crippen LogP) is 2.31. The summed E-state index contributed by atoms with van der Waals surface area (Å²) in [7, 11) is 0. The van der Waals surface area contributed by atoms with Crippen LogP contribution in [-0.4, -0.2) is 18.3 Å². The molecule has 0 unspecified atom stereocenters. The first-order valence-electron chi connectivity index (χ1n) is 5.49. The Kier molecular flexibility index (Phi) is 3.04. The summed E-state index contributed by atoms with van der Waals surface area (Å²) in [6.07, 6.45) is 0. The highest BCUT2D eigenvalue weighted by molar-refractivity contribution is 6.07. The van der Waals surface area contributed by atoms with Crippen molar-refractivity contribution in [2.75, 3.05) is 6.61 Å². The van der Waals surface area contributed by atoms with E-state index in [0.29, 0.717) is 13.2 Å². The lowest BCUT2D eigenvalue weighted by Crippen LogP contribution is -2.26. The van der Waals surface area contributed by atoms with Crippen molar-refractivity contribution >= 4 is 11.7 Å². The summed E-state index contributed by atoms with van der Waals surface area (Å²) in [6, 6.07) is 7.91. The minimum Gasteiger partial charge on any atom is -0.465 e. The molecule has 84 valence electrons. The van der Waals surface area contributed by atoms with E-state index in [0.717, 1.165) is 16.8 Å². The van der Waals surface area contributed by atoms with Gasteiger partial charge in [-0.1, -0.05) is 24.3 Å². The number of hydrogen-bond acceptors (Lipinski definition) is 3. The van der Waals surface area contributed by atoms with E-state index in [2.05, 4.69) is 4.99 Å². The Hall–Kier alpha value is -1.64. The normalized spacial score (nSPS) is 18.6. The van der Waals surface area contributed by atoms with E-state index < -0.39 is 0 Å². The summed E-state index contributed by atoms with van der Waals surface area (Å²) >= 11 is 0. The second-order valence-corrected chi connectivity index (χ2v) is 3.84. The largest absolute Gasteiger partial charge is 0.465 e. The van der Waals surface area contributed by atoms with Crippen LogP contribution < -0.4 is 0 Å². The first-order valence-corrected chi connectivity index (χ1v) is 5.49. The lowest BCUT2D eigenvalue weighted by Gasteiger charge is -2.22. The third-order valence-electron chi connectivity index (χ3n) is 2.80. The molecule has 3 nitrogen and oxygen atoms in total. The van der Waals surface area contributed by atoms with Crippen LogP contribution in [0.2, 0.25) is 0 Å². The average molecular weight is 217 g/mol. The van der Waals surface area contributed by atoms with Gasteiger partial charge in [0.15, 0.2) is 0 Å². The van der Waals surface area contributed by atoms with Gasteiger partial charge in [0, 0.05) is 5.71 Å². The molecule has 0 aromatic heterocycles. The number of carbonyl (C=O) groups excluding carboxylic acids is 1. The Morgan fingerprint density at radius 1 is 1.50 bits per heavy atom. The summed E-state index contributed by atoms with van der Waals surface area (Å²) in [5.74, 6) is -0.513. The molecule has 0 aliphatic carbocycles. The van der Waals surface area contributed by atoms with E-state index in [1.807, 2.05) is 38.1 Å². The van der Waals surface area contributed by atoms with Crippen LogP contribution in [0.15, 0.2) is 29.3 Å². The molecule has 1 aliphatic heterocycles. The molecular formula is C13H15NO2. The fraction of sp³-hybridized carbons (Fsp3) is 0.385. The Morgan fingerprint density at radius 2 is 2.25 bits per heavy atom. The third kappa shape index (κ3) is 1.85. The monoisotopic (exact) mass is 217 g/mol. The topological polar surface area (TPSA) is 38.7 Å². The smallest absolute Gasteiger partial charge is 0.319 e. The Balaban J connectivity index is 2.38. The van der Waals surface area contributed by atoms with Crippen LogP contribution in [0.1, 0.15) is 30.9 Å². The quantitative estimate of drug-likeness (QED) is 0.713. The summed E-state index contributed by atoms with van der Waals surface area (Å²) < 4.78 is 5.09. The zero-order chi connectivity index (χ0) is 11.5. The van der Waals surface area contributed by atoms with Crippen molar-refractivity contribution in [3.63, 3.8) is 0 Å². The van der Waals surface area contributed by atoms with Gasteiger partial charge < -0.3 is 4.74 Å². The van der Waals surface area contributed by atoms with Crippen LogP contribution in [0.4, 0.5) is 0 Å². The summed E-state index contributed by atoms with van der Waals surface area (Å²) in [6.45, 7) is 4.78. The van der Waals surface area contributed by atoms with E-state index >= 15 is 0 Å². The van der Waals surface area contributed by atoms with Crippen LogP contribution >= 0.6 is 0 Å². The van der Waals surface area contributed by atoms with Crippen molar-refractivity contribution in [1.82, 2.24) is 0 Å². The average Bonchev–Trinajstić information content (AvgIpc) is 2.29. The molecule has 0 bridgehead atoms. The molecule has 0 spiro atoms. The van der Waals surface area contributed by atoms with Crippen molar-refractivity contribution in [3.8, 4) is 0 Å². The zero-order valence-electron chi connectivity index (χ0n) is 9.56. The van der Waals surface area contributed by atoms with Gasteiger partial charge in [-0.15, -0.1) is 0 Å². The number of esters is 1. The number of carbonyl (C=O) groups is 1. The third-order valence-corrected chi connectivity index (χ3v) is 2.80. The maximum absolute atomic E-state index is 11.9. The number of hydrogen-bond donors (Lipinski definition) is 0. The van der Waals surface area contributed by atoms with E-state index in [4.69, 9.17) is 4.74 Å². The molecule has 0 saturated heterocycles. The van der Waals surface area contributed by atoms with Crippen molar-refractivity contribution < 1.29 is 9.53 Å². The van der Waals surface area contributed by atoms with Crippen LogP contribution in [-0.2, 0) is 16.1 Å². The van der Waals surface area contributed by atoms with Crippen LogP contribution in [0.5, 0.6) is 0 Å². The Bertz CT molecular complexity index is 437. The number of benzene rings is 1. The predicted molar refractivity (Wildman–Crippen MR) is 62.6 cm³/mol. The van der Waals surface area contributed by atoms with Crippen molar-refractivity contribution in [1.29, 1.82) is 0 Å². The number of aliphatic imine (C=N–C) groups is 1. The standard InChI is InChI=1S/C13H15NO2/c1-3-16-13(15)12-9(2)14-8-10-6-4-5-7-11(10)12/h4-7,12H,3,8H2,1-2H3/t12-/m0/s1. The summed E-state index contributed by atoms with van der Waals surface area (Å²) in [5.41, 5.74) is 3.00. The van der Waals surface area contributed by atoms with Gasteiger partial charge in [-0.3, -0.25) is 9.79 Å². The molecule has 2 rings (SSSR count). The van der Waals surface area contributed by atoms with E-state index in [9.17, 15) is 4.79 Å². The van der Waals surface area contributed by atoms with Gasteiger partial charge in [-0.25, -0.2) is 0 Å². The molecule has 0 N–H and O–H groups in total. The number of nitrogens with zero attached hydrogens (tertiary/aromatic N) is 1. The Morgan fingerprint density at radius 3 is 3.00 bits per heavy atom. The molecule has 1 aromatic rings. The molecule has 0 saturated carbocycles. The molecule has 3 heteroatoms. The Labute approximate surface area is 95.2 Å². The van der Waals surface area contributed by atoms with E-state index in [-0.39, 0.29) is 11.9 Å². The minimum absolute atomic E-state index is 0.198. The highest BCUT2D eigenvalue weighted by Gasteiger charge is 2.29. The molecular weight excluding hydrogens is 202 g/mol. The SMILES string of the molecule is CCOC(=O)[C@H]1C(C)=NCc2ccccc21. The highest BCUT2D eigenvalue weighted by Crippen LogP contribution is 2.28. The number of fused-ring (bicyclic) bond motifs is 1. The van der Waals surface area contributed by atoms with Gasteiger partial charge >= 0.3 is 5.97 Å². The molecule has 0 radical (unpaired) electrons. The maximum atomic E-state index is 11.9. The van der Waals surface area contributed by atoms with E-state index in [1.54, 1.807) is 0 Å². The lowest BCUT2D eigenvalue weighted by molar-refractivity contribution is -0.143. The van der Waals surface area contributed by atoms with Gasteiger partial charge in [0.25, 0.3) is 0 Å². The van der Waals surface area contributed by atoms with Gasteiger partial charge in [-0.2, -0.15) is 0 Å². The second-order valence-electron chi connectivity index (χ2n) is 3.84. The van der Waals surface area contributed by atoms with Crippen LogP contribution in [0.25, 0.3) is 0 Å². The van der Waals surface area contributed by atoms with Gasteiger partial charge in [0.1, 0.15) is 5.92 Å². The highest BCUT2D eigenvalue weighted by atomic mass is 16.5. The van der Waals surface area contributed by atoms with Crippen molar-refractivity contribution in [2.24, 2.45) is 4.99 Å². The number of rotatable bonds is 2. The summed E-state index contributed by atoms with van der Waals surface area (Å²) in [4.78, 5) is 16.2. The van der Waals surface area contributed by atoms with Gasteiger partial charge in [-0.05, 0) is 25.0 Å². The molecule has 0 amide bonds. The van der Waals surface area contributed by atoms with Crippen LogP contribution in [0.3, 0.4) is 0 Å². The van der Waals surface area contributed by atoms with Crippen molar-refractivity contribution in [2.45, 2.75) is 26.3 Å². The maximum Gasteiger partial charge on any atom is 0.319 e. The summed E-state index contributed by atoms with van der Waals surface area (Å²) in [5, 5.41) is 0. The van der Waals surface area contributed by atoms with Gasteiger partial charge in [0.2, 0.25) is 0 Å². The fourth-order valence-corrected chi connectivity index (χ4v) is 2.01. The van der Waals surface area contributed by atoms with Gasteiger partial charge in [0.05, 0.1) is 13.2 Å². The first kappa shape index (κ1) is 10.9. The van der Waals surface area contributed by atoms with Crippen LogP contribution in [0, 0.1) is 0 Å². The second kappa shape index (κ2) is 4.47. The molecule has 1 atom stereocenters. The minimum atomic E-state index is -0.315. The zero-order valence-corrected chi connectivity index (χ0v) is 9.56. The number of ether oxygens (including phenoxy) is 1. The fourth-order valence-electron chi connectivity index (χ4n) is 2.01. The molecule has 16 heavy (non-hydrogen) atoms. The lowest BCUT2D eigenvalue weighted by atomic mass is 9.88. The first-order chi connectivity index (χ1) is 7.74. The van der Waals surface area contributed by atoms with E-state index in [1.165, 1.54) is 0 Å². The van der Waals surface area contributed by atoms with Crippen molar-refractivity contribution in [3.05, 3.63) is 35.4 Å². The molecule has 1 heterocycles.